The largest absolute Gasteiger partial charge is 0.367 e. The molecule has 3 nitrogen and oxygen atoms in total. The Bertz CT molecular complexity index is 370. The standard InChI is InChI=1S/C16H26N2O/c1-11-8-12(2)10-14(9-11)19-16(13(3)17)15-6-4-5-7-18-15/h4-7,11-14,16H,8-10,17H2,1-3H3. The van der Waals surface area contributed by atoms with Gasteiger partial charge in [0.1, 0.15) is 6.10 Å². The smallest absolute Gasteiger partial charge is 0.115 e. The maximum Gasteiger partial charge on any atom is 0.115 e. The minimum atomic E-state index is -0.0938. The molecule has 0 amide bonds. The molecule has 1 fully saturated rings. The van der Waals surface area contributed by atoms with Crippen LogP contribution in [0.3, 0.4) is 0 Å². The van der Waals surface area contributed by atoms with Crippen molar-refractivity contribution in [3.63, 3.8) is 0 Å². The fourth-order valence-electron chi connectivity index (χ4n) is 3.20. The summed E-state index contributed by atoms with van der Waals surface area (Å²) in [4.78, 5) is 4.40. The van der Waals surface area contributed by atoms with Crippen molar-refractivity contribution >= 4 is 0 Å². The third-order valence-corrected chi connectivity index (χ3v) is 3.93. The van der Waals surface area contributed by atoms with E-state index in [9.17, 15) is 0 Å². The molecule has 4 atom stereocenters. The first-order chi connectivity index (χ1) is 9.06. The highest BCUT2D eigenvalue weighted by Gasteiger charge is 2.29. The molecule has 1 heterocycles. The lowest BCUT2D eigenvalue weighted by Crippen LogP contribution is -2.34. The number of aromatic nitrogens is 1. The van der Waals surface area contributed by atoms with Crippen LogP contribution in [0.15, 0.2) is 24.4 Å². The van der Waals surface area contributed by atoms with Crippen LogP contribution >= 0.6 is 0 Å². The van der Waals surface area contributed by atoms with Gasteiger partial charge in [-0.1, -0.05) is 19.9 Å². The third-order valence-electron chi connectivity index (χ3n) is 3.93. The number of ether oxygens (including phenoxy) is 1. The summed E-state index contributed by atoms with van der Waals surface area (Å²) < 4.78 is 6.29. The molecule has 1 aliphatic carbocycles. The SMILES string of the molecule is CC1CC(C)CC(OC(c2ccccn2)C(C)N)C1. The fourth-order valence-corrected chi connectivity index (χ4v) is 3.20. The Morgan fingerprint density at radius 3 is 2.42 bits per heavy atom. The molecule has 2 N–H and O–H groups in total. The topological polar surface area (TPSA) is 48.1 Å². The highest BCUT2D eigenvalue weighted by molar-refractivity contribution is 5.09. The van der Waals surface area contributed by atoms with Gasteiger partial charge in [-0.25, -0.2) is 0 Å². The van der Waals surface area contributed by atoms with Crippen molar-refractivity contribution in [3.8, 4) is 0 Å². The Hall–Kier alpha value is -0.930. The first kappa shape index (κ1) is 14.5. The highest BCUT2D eigenvalue weighted by atomic mass is 16.5. The van der Waals surface area contributed by atoms with Crippen molar-refractivity contribution in [1.29, 1.82) is 0 Å². The van der Waals surface area contributed by atoms with E-state index in [2.05, 4.69) is 18.8 Å². The lowest BCUT2D eigenvalue weighted by Gasteiger charge is -2.34. The third kappa shape index (κ3) is 4.02. The van der Waals surface area contributed by atoms with E-state index in [1.54, 1.807) is 6.20 Å². The Labute approximate surface area is 116 Å². The van der Waals surface area contributed by atoms with Crippen LogP contribution in [0, 0.1) is 11.8 Å². The summed E-state index contributed by atoms with van der Waals surface area (Å²) in [5, 5.41) is 0. The van der Waals surface area contributed by atoms with Gasteiger partial charge in [0.15, 0.2) is 0 Å². The normalized spacial score (nSPS) is 30.8. The predicted octanol–water partition coefficient (Wildman–Crippen LogP) is 3.31. The molecule has 1 aliphatic rings. The van der Waals surface area contributed by atoms with E-state index in [0.717, 1.165) is 30.4 Å². The van der Waals surface area contributed by atoms with Crippen LogP contribution < -0.4 is 5.73 Å². The minimum Gasteiger partial charge on any atom is -0.367 e. The highest BCUT2D eigenvalue weighted by Crippen LogP contribution is 2.33. The average molecular weight is 262 g/mol. The van der Waals surface area contributed by atoms with E-state index in [1.807, 2.05) is 25.1 Å². The minimum absolute atomic E-state index is 0.0394. The van der Waals surface area contributed by atoms with Gasteiger partial charge in [-0.2, -0.15) is 0 Å². The molecular weight excluding hydrogens is 236 g/mol. The van der Waals surface area contributed by atoms with Crippen LogP contribution in [-0.2, 0) is 4.74 Å². The molecule has 106 valence electrons. The molecule has 1 aromatic rings. The molecule has 0 bridgehead atoms. The summed E-state index contributed by atoms with van der Waals surface area (Å²) in [6.07, 6.45) is 5.62. The van der Waals surface area contributed by atoms with Crippen LogP contribution in [0.2, 0.25) is 0 Å². The quantitative estimate of drug-likeness (QED) is 0.905. The molecule has 4 unspecified atom stereocenters. The van der Waals surface area contributed by atoms with Crippen LogP contribution in [0.1, 0.15) is 51.8 Å². The molecule has 19 heavy (non-hydrogen) atoms. The van der Waals surface area contributed by atoms with E-state index < -0.39 is 0 Å². The van der Waals surface area contributed by atoms with Crippen LogP contribution in [0.5, 0.6) is 0 Å². The average Bonchev–Trinajstić information content (AvgIpc) is 2.35. The summed E-state index contributed by atoms with van der Waals surface area (Å²) in [7, 11) is 0. The second-order valence-corrected chi connectivity index (χ2v) is 6.21. The zero-order valence-corrected chi connectivity index (χ0v) is 12.3. The Morgan fingerprint density at radius 2 is 1.89 bits per heavy atom. The number of nitrogens with two attached hydrogens (primary N) is 1. The van der Waals surface area contributed by atoms with Crippen molar-refractivity contribution in [3.05, 3.63) is 30.1 Å². The van der Waals surface area contributed by atoms with Crippen molar-refractivity contribution < 1.29 is 4.74 Å². The molecule has 0 radical (unpaired) electrons. The molecular formula is C16H26N2O. The second kappa shape index (κ2) is 6.49. The molecule has 0 aromatic carbocycles. The Balaban J connectivity index is 2.05. The number of pyridine rings is 1. The Morgan fingerprint density at radius 1 is 1.21 bits per heavy atom. The summed E-state index contributed by atoms with van der Waals surface area (Å²) in [5.41, 5.74) is 7.04. The molecule has 0 aliphatic heterocycles. The first-order valence-electron chi connectivity index (χ1n) is 7.38. The Kier molecular flexibility index (Phi) is 4.94. The van der Waals surface area contributed by atoms with Gasteiger partial charge >= 0.3 is 0 Å². The van der Waals surface area contributed by atoms with Gasteiger partial charge in [-0.3, -0.25) is 4.98 Å². The zero-order chi connectivity index (χ0) is 13.8. The number of nitrogens with zero attached hydrogens (tertiary/aromatic N) is 1. The van der Waals surface area contributed by atoms with Crippen LogP contribution in [-0.4, -0.2) is 17.1 Å². The van der Waals surface area contributed by atoms with Gasteiger partial charge in [-0.05, 0) is 50.2 Å². The van der Waals surface area contributed by atoms with Gasteiger partial charge in [0.2, 0.25) is 0 Å². The molecule has 1 saturated carbocycles. The van der Waals surface area contributed by atoms with Gasteiger partial charge < -0.3 is 10.5 Å². The maximum absolute atomic E-state index is 6.29. The van der Waals surface area contributed by atoms with Gasteiger partial charge in [0.05, 0.1) is 11.8 Å². The number of hydrogen-bond acceptors (Lipinski definition) is 3. The van der Waals surface area contributed by atoms with Crippen LogP contribution in [0.25, 0.3) is 0 Å². The van der Waals surface area contributed by atoms with Crippen molar-refractivity contribution in [1.82, 2.24) is 4.98 Å². The molecule has 3 heteroatoms. The lowest BCUT2D eigenvalue weighted by atomic mass is 9.81. The summed E-state index contributed by atoms with van der Waals surface area (Å²) in [5.74, 6) is 1.48. The van der Waals surface area contributed by atoms with Crippen molar-refractivity contribution in [2.45, 2.75) is 58.3 Å². The summed E-state index contributed by atoms with van der Waals surface area (Å²) in [6, 6.07) is 5.88. The molecule has 2 rings (SSSR count). The lowest BCUT2D eigenvalue weighted by molar-refractivity contribution is -0.0602. The zero-order valence-electron chi connectivity index (χ0n) is 12.3. The monoisotopic (exact) mass is 262 g/mol. The number of hydrogen-bond donors (Lipinski definition) is 1. The molecule has 0 saturated heterocycles. The van der Waals surface area contributed by atoms with E-state index in [0.29, 0.717) is 6.10 Å². The van der Waals surface area contributed by atoms with Crippen molar-refractivity contribution in [2.75, 3.05) is 0 Å². The predicted molar refractivity (Wildman–Crippen MR) is 77.7 cm³/mol. The van der Waals surface area contributed by atoms with E-state index in [1.165, 1.54) is 6.42 Å². The van der Waals surface area contributed by atoms with E-state index in [-0.39, 0.29) is 12.1 Å². The summed E-state index contributed by atoms with van der Waals surface area (Å²) in [6.45, 7) is 6.62. The van der Waals surface area contributed by atoms with Gasteiger partial charge in [-0.15, -0.1) is 0 Å². The van der Waals surface area contributed by atoms with E-state index in [4.69, 9.17) is 10.5 Å². The van der Waals surface area contributed by atoms with E-state index >= 15 is 0 Å². The molecule has 0 spiro atoms. The molecule has 1 aromatic heterocycles. The van der Waals surface area contributed by atoms with Crippen LogP contribution in [0.4, 0.5) is 0 Å². The number of rotatable bonds is 4. The van der Waals surface area contributed by atoms with Gasteiger partial charge in [0, 0.05) is 12.2 Å². The van der Waals surface area contributed by atoms with Gasteiger partial charge in [0.25, 0.3) is 0 Å². The fraction of sp³-hybridized carbons (Fsp3) is 0.688. The summed E-state index contributed by atoms with van der Waals surface area (Å²) >= 11 is 0. The first-order valence-corrected chi connectivity index (χ1v) is 7.38. The van der Waals surface area contributed by atoms with Crippen molar-refractivity contribution in [2.24, 2.45) is 17.6 Å². The maximum atomic E-state index is 6.29. The second-order valence-electron chi connectivity index (χ2n) is 6.21.